The number of hydrogen-bond donors (Lipinski definition) is 1. The van der Waals surface area contributed by atoms with Crippen LogP contribution in [0.3, 0.4) is 0 Å². The van der Waals surface area contributed by atoms with E-state index in [-0.39, 0.29) is 18.4 Å². The molecule has 0 aromatic heterocycles. The van der Waals surface area contributed by atoms with Crippen LogP contribution in [0, 0.1) is 5.92 Å². The maximum absolute atomic E-state index is 13.9. The van der Waals surface area contributed by atoms with Crippen molar-refractivity contribution in [1.82, 2.24) is 4.90 Å². The van der Waals surface area contributed by atoms with E-state index in [1.807, 2.05) is 0 Å². The van der Waals surface area contributed by atoms with Crippen LogP contribution < -0.4 is 0 Å². The molecule has 1 aromatic carbocycles. The molecular weight excluding hydrogens is 408 g/mol. The van der Waals surface area contributed by atoms with Crippen LogP contribution in [0.25, 0.3) is 0 Å². The van der Waals surface area contributed by atoms with Crippen molar-refractivity contribution in [2.24, 2.45) is 5.92 Å². The molecule has 2 unspecified atom stereocenters. The maximum atomic E-state index is 13.9. The van der Waals surface area contributed by atoms with Gasteiger partial charge < -0.3 is 19.5 Å². The average Bonchev–Trinajstić information content (AvgIpc) is 3.07. The van der Waals surface area contributed by atoms with Gasteiger partial charge in [-0.05, 0) is 32.8 Å². The van der Waals surface area contributed by atoms with Gasteiger partial charge in [-0.1, -0.05) is 30.3 Å². The highest BCUT2D eigenvalue weighted by molar-refractivity contribution is 5.82. The summed E-state index contributed by atoms with van der Waals surface area (Å²) >= 11 is 0. The molecule has 6 nitrogen and oxygen atoms in total. The summed E-state index contributed by atoms with van der Waals surface area (Å²) in [5, 5.41) is 11.4. The Kier molecular flexibility index (Phi) is 6.60. The normalized spacial score (nSPS) is 23.8. The molecule has 8 heteroatoms. The third kappa shape index (κ3) is 5.53. The van der Waals surface area contributed by atoms with Crippen LogP contribution in [0.15, 0.2) is 30.3 Å². The fraction of sp³-hybridized carbons (Fsp3) is 0.652. The summed E-state index contributed by atoms with van der Waals surface area (Å²) < 4.78 is 38.7. The van der Waals surface area contributed by atoms with Crippen molar-refractivity contribution in [3.05, 3.63) is 35.9 Å². The molecule has 1 aromatic rings. The number of alkyl halides is 2. The Balaban J connectivity index is 1.68. The van der Waals surface area contributed by atoms with E-state index in [0.717, 1.165) is 0 Å². The monoisotopic (exact) mass is 439 g/mol. The van der Waals surface area contributed by atoms with Gasteiger partial charge in [0.25, 0.3) is 0 Å². The van der Waals surface area contributed by atoms with Crippen molar-refractivity contribution in [2.45, 2.75) is 76.1 Å². The number of halogens is 2. The van der Waals surface area contributed by atoms with Gasteiger partial charge >= 0.3 is 12.1 Å². The van der Waals surface area contributed by atoms with Gasteiger partial charge in [0.05, 0.1) is 0 Å². The van der Waals surface area contributed by atoms with Crippen molar-refractivity contribution >= 4 is 12.1 Å². The smallest absolute Gasteiger partial charge is 0.410 e. The summed E-state index contributed by atoms with van der Waals surface area (Å²) in [7, 11) is 0. The van der Waals surface area contributed by atoms with Crippen LogP contribution in [-0.4, -0.2) is 52.8 Å². The molecule has 0 radical (unpaired) electrons. The molecule has 2 aliphatic rings. The average molecular weight is 439 g/mol. The molecule has 1 saturated carbocycles. The predicted molar refractivity (Wildman–Crippen MR) is 110 cm³/mol. The van der Waals surface area contributed by atoms with Gasteiger partial charge in [-0.25, -0.2) is 18.4 Å². The number of ether oxygens (including phenoxy) is 2. The second kappa shape index (κ2) is 8.73. The number of carbonyl (C=O) groups excluding carboxylic acids is 2. The Morgan fingerprint density at radius 3 is 2.23 bits per heavy atom. The molecule has 0 bridgehead atoms. The third-order valence-electron chi connectivity index (χ3n) is 5.89. The predicted octanol–water partition coefficient (Wildman–Crippen LogP) is 4.25. The summed E-state index contributed by atoms with van der Waals surface area (Å²) in [6.45, 7) is 6.05. The van der Waals surface area contributed by atoms with E-state index in [2.05, 4.69) is 0 Å². The van der Waals surface area contributed by atoms with E-state index >= 15 is 0 Å². The van der Waals surface area contributed by atoms with Gasteiger partial charge in [0.15, 0.2) is 5.60 Å². The van der Waals surface area contributed by atoms with Crippen molar-refractivity contribution in [1.29, 1.82) is 0 Å². The fourth-order valence-corrected chi connectivity index (χ4v) is 4.24. The number of likely N-dealkylation sites (tertiary alicyclic amines) is 1. The zero-order valence-electron chi connectivity index (χ0n) is 18.3. The van der Waals surface area contributed by atoms with Crippen molar-refractivity contribution in [3.8, 4) is 0 Å². The molecule has 1 aliphatic heterocycles. The zero-order valence-corrected chi connectivity index (χ0v) is 18.3. The van der Waals surface area contributed by atoms with Gasteiger partial charge in [0.2, 0.25) is 5.92 Å². The molecule has 0 spiro atoms. The molecule has 3 rings (SSSR count). The minimum Gasteiger partial charge on any atom is -0.460 e. The van der Waals surface area contributed by atoms with Gasteiger partial charge in [-0.3, -0.25) is 0 Å². The second-order valence-corrected chi connectivity index (χ2v) is 9.50. The molecule has 1 saturated heterocycles. The van der Waals surface area contributed by atoms with E-state index < -0.39 is 47.6 Å². The van der Waals surface area contributed by atoms with Crippen LogP contribution >= 0.6 is 0 Å². The van der Waals surface area contributed by atoms with Crippen molar-refractivity contribution in [3.63, 3.8) is 0 Å². The number of nitrogens with zero attached hydrogens (tertiary/aromatic N) is 1. The number of amides is 1. The number of carbonyl (C=O) groups is 2. The Labute approximate surface area is 181 Å². The highest BCUT2D eigenvalue weighted by Crippen LogP contribution is 2.48. The molecule has 31 heavy (non-hydrogen) atoms. The summed E-state index contributed by atoms with van der Waals surface area (Å²) in [6.07, 6.45) is -1.06. The van der Waals surface area contributed by atoms with Gasteiger partial charge in [0, 0.05) is 44.7 Å². The number of benzene rings is 1. The molecule has 2 atom stereocenters. The van der Waals surface area contributed by atoms with Crippen LogP contribution in [0.5, 0.6) is 0 Å². The molecule has 1 heterocycles. The fourth-order valence-electron chi connectivity index (χ4n) is 4.24. The highest BCUT2D eigenvalue weighted by atomic mass is 19.3. The van der Waals surface area contributed by atoms with E-state index in [1.54, 1.807) is 56.0 Å². The standard InChI is InChI=1S/C23H31F2NO5/c1-21(2,3)31-20(28)26-13-10-18(11-14-26)30-19(27)23(29,16-7-5-4-6-8-16)17-9-12-22(24,25)15-17/h4-8,17-18,29H,9-15H2,1-3H3. The lowest BCUT2D eigenvalue weighted by Gasteiger charge is -2.36. The number of aliphatic hydroxyl groups is 1. The lowest BCUT2D eigenvalue weighted by molar-refractivity contribution is -0.182. The van der Waals surface area contributed by atoms with E-state index in [4.69, 9.17) is 9.47 Å². The van der Waals surface area contributed by atoms with Crippen molar-refractivity contribution < 1.29 is 33.0 Å². The molecule has 1 amide bonds. The molecule has 172 valence electrons. The first-order chi connectivity index (χ1) is 14.4. The van der Waals surface area contributed by atoms with Gasteiger partial charge in [-0.2, -0.15) is 0 Å². The molecule has 1 N–H and O–H groups in total. The Bertz CT molecular complexity index is 787. The summed E-state index contributed by atoms with van der Waals surface area (Å²) in [6, 6.07) is 8.15. The van der Waals surface area contributed by atoms with Crippen molar-refractivity contribution in [2.75, 3.05) is 13.1 Å². The van der Waals surface area contributed by atoms with Crippen LogP contribution in [0.2, 0.25) is 0 Å². The number of rotatable bonds is 4. The molecule has 2 fully saturated rings. The Morgan fingerprint density at radius 2 is 1.71 bits per heavy atom. The SMILES string of the molecule is CC(C)(C)OC(=O)N1CCC(OC(=O)C(O)(c2ccccc2)C2CCC(F)(F)C2)CC1. The molecular formula is C23H31F2NO5. The van der Waals surface area contributed by atoms with Crippen LogP contribution in [0.1, 0.15) is 58.4 Å². The summed E-state index contributed by atoms with van der Waals surface area (Å²) in [5.74, 6) is -4.75. The minimum absolute atomic E-state index is 0.0323. The van der Waals surface area contributed by atoms with E-state index in [9.17, 15) is 23.5 Å². The minimum atomic E-state index is -2.91. The second-order valence-electron chi connectivity index (χ2n) is 9.50. The number of piperidine rings is 1. The lowest BCUT2D eigenvalue weighted by Crippen LogP contribution is -2.48. The topological polar surface area (TPSA) is 76.1 Å². The maximum Gasteiger partial charge on any atom is 0.410 e. The Morgan fingerprint density at radius 1 is 1.10 bits per heavy atom. The first-order valence-corrected chi connectivity index (χ1v) is 10.8. The van der Waals surface area contributed by atoms with Crippen LogP contribution in [-0.2, 0) is 19.9 Å². The number of esters is 1. The summed E-state index contributed by atoms with van der Waals surface area (Å²) in [5.41, 5.74) is -2.48. The quantitative estimate of drug-likeness (QED) is 0.710. The third-order valence-corrected chi connectivity index (χ3v) is 5.89. The van der Waals surface area contributed by atoms with E-state index in [1.165, 1.54) is 0 Å². The zero-order chi connectivity index (χ0) is 22.9. The summed E-state index contributed by atoms with van der Waals surface area (Å²) in [4.78, 5) is 26.9. The molecule has 1 aliphatic carbocycles. The van der Waals surface area contributed by atoms with E-state index in [0.29, 0.717) is 25.9 Å². The first kappa shape index (κ1) is 23.4. The largest absolute Gasteiger partial charge is 0.460 e. The van der Waals surface area contributed by atoms with Gasteiger partial charge in [-0.15, -0.1) is 0 Å². The first-order valence-electron chi connectivity index (χ1n) is 10.8. The van der Waals surface area contributed by atoms with Crippen LogP contribution in [0.4, 0.5) is 13.6 Å². The van der Waals surface area contributed by atoms with Gasteiger partial charge in [0.1, 0.15) is 11.7 Å². The Hall–Kier alpha value is -2.22. The number of hydrogen-bond acceptors (Lipinski definition) is 5. The lowest BCUT2D eigenvalue weighted by atomic mass is 9.80. The highest BCUT2D eigenvalue weighted by Gasteiger charge is 2.54.